The Labute approximate surface area is 164 Å². The molecule has 0 aromatic heterocycles. The van der Waals surface area contributed by atoms with E-state index in [1.54, 1.807) is 0 Å². The summed E-state index contributed by atoms with van der Waals surface area (Å²) < 4.78 is 5.84. The number of allylic oxidation sites excluding steroid dienone is 1. The van der Waals surface area contributed by atoms with Crippen LogP contribution in [0.15, 0.2) is 42.0 Å². The summed E-state index contributed by atoms with van der Waals surface area (Å²) in [6.45, 7) is 7.17. The molecule has 1 saturated carbocycles. The predicted molar refractivity (Wildman–Crippen MR) is 111 cm³/mol. The Morgan fingerprint density at radius 3 is 2.59 bits per heavy atom. The first-order valence-electron chi connectivity index (χ1n) is 10.3. The average molecular weight is 373 g/mol. The Kier molecular flexibility index (Phi) is 6.74. The molecule has 4 rings (SSSR count). The van der Waals surface area contributed by atoms with Crippen LogP contribution >= 0.6 is 0 Å². The van der Waals surface area contributed by atoms with Crippen molar-refractivity contribution in [3.63, 3.8) is 0 Å². The van der Waals surface area contributed by atoms with Crippen molar-refractivity contribution in [3.8, 4) is 0 Å². The third kappa shape index (κ3) is 4.80. The summed E-state index contributed by atoms with van der Waals surface area (Å²) in [6.07, 6.45) is 4.40. The number of aliphatic hydroxyl groups excluding tert-OH is 1. The summed E-state index contributed by atoms with van der Waals surface area (Å²) in [5.74, 6) is 1.54. The molecule has 0 saturated heterocycles. The van der Waals surface area contributed by atoms with E-state index >= 15 is 0 Å². The molecule has 2 N–H and O–H groups in total. The van der Waals surface area contributed by atoms with Crippen molar-refractivity contribution in [2.75, 3.05) is 40.4 Å². The molecule has 0 unspecified atom stereocenters. The first kappa shape index (κ1) is 20.5. The molecule has 4 nitrogen and oxygen atoms in total. The predicted octanol–water partition coefficient (Wildman–Crippen LogP) is 3.25. The highest BCUT2D eigenvalue weighted by atomic mass is 16.5. The molecular weight excluding hydrogens is 336 g/mol. The van der Waals surface area contributed by atoms with E-state index in [1.165, 1.54) is 24.0 Å². The van der Waals surface area contributed by atoms with Gasteiger partial charge >= 0.3 is 0 Å². The van der Waals surface area contributed by atoms with Gasteiger partial charge in [-0.2, -0.15) is 0 Å². The van der Waals surface area contributed by atoms with Gasteiger partial charge < -0.3 is 20.1 Å². The van der Waals surface area contributed by atoms with Gasteiger partial charge in [0.15, 0.2) is 0 Å². The molecule has 0 radical (unpaired) electrons. The maximum Gasteiger partial charge on any atom is 0.0897 e. The number of fused-ring (bicyclic) bond motifs is 1. The summed E-state index contributed by atoms with van der Waals surface area (Å²) in [6, 6.07) is 10.8. The van der Waals surface area contributed by atoms with Crippen molar-refractivity contribution < 1.29 is 9.84 Å². The van der Waals surface area contributed by atoms with E-state index in [1.807, 2.05) is 6.07 Å². The molecule has 150 valence electrons. The largest absolute Gasteiger partial charge is 0.389 e. The molecule has 0 amide bonds. The van der Waals surface area contributed by atoms with Crippen LogP contribution in [-0.4, -0.2) is 56.5 Å². The molecule has 4 atom stereocenters. The summed E-state index contributed by atoms with van der Waals surface area (Å²) in [4.78, 5) is 2.20. The van der Waals surface area contributed by atoms with Gasteiger partial charge in [-0.25, -0.2) is 0 Å². The summed E-state index contributed by atoms with van der Waals surface area (Å²) >= 11 is 0. The van der Waals surface area contributed by atoms with E-state index in [2.05, 4.69) is 68.5 Å². The van der Waals surface area contributed by atoms with Gasteiger partial charge in [-0.3, -0.25) is 0 Å². The maximum atomic E-state index is 10.3. The highest BCUT2D eigenvalue weighted by Gasteiger charge is 2.50. The fourth-order valence-corrected chi connectivity index (χ4v) is 4.67. The fourth-order valence-electron chi connectivity index (χ4n) is 4.67. The van der Waals surface area contributed by atoms with Crippen molar-refractivity contribution in [3.05, 3.63) is 47.5 Å². The molecule has 4 heteroatoms. The van der Waals surface area contributed by atoms with E-state index in [0.717, 1.165) is 12.5 Å². The van der Waals surface area contributed by atoms with E-state index in [9.17, 15) is 5.11 Å². The monoisotopic (exact) mass is 372 g/mol. The van der Waals surface area contributed by atoms with Crippen molar-refractivity contribution in [2.24, 2.45) is 17.3 Å². The zero-order valence-electron chi connectivity index (χ0n) is 17.3. The first-order valence-corrected chi connectivity index (χ1v) is 10.3. The lowest BCUT2D eigenvalue weighted by Gasteiger charge is -2.56. The normalized spacial score (nSPS) is 25.6. The minimum atomic E-state index is -0.477. The molecule has 0 aliphatic heterocycles. The van der Waals surface area contributed by atoms with Gasteiger partial charge in [0.25, 0.3) is 0 Å². The van der Waals surface area contributed by atoms with Gasteiger partial charge in [0.2, 0.25) is 0 Å². The SMILES string of the molecule is CN(C)[C@H](CNC[C@@H](O)COCC1=CC[C@H]2C[C@H]1C2(C)C)c1ccccc1. The van der Waals surface area contributed by atoms with Crippen LogP contribution in [0.3, 0.4) is 0 Å². The van der Waals surface area contributed by atoms with Crippen LogP contribution < -0.4 is 5.32 Å². The van der Waals surface area contributed by atoms with Crippen LogP contribution in [0.5, 0.6) is 0 Å². The minimum Gasteiger partial charge on any atom is -0.389 e. The maximum absolute atomic E-state index is 10.3. The molecule has 1 fully saturated rings. The summed E-state index contributed by atoms with van der Waals surface area (Å²) in [5, 5.41) is 13.7. The smallest absolute Gasteiger partial charge is 0.0897 e. The Morgan fingerprint density at radius 2 is 1.96 bits per heavy atom. The molecule has 2 bridgehead atoms. The van der Waals surface area contributed by atoms with E-state index in [0.29, 0.717) is 37.1 Å². The van der Waals surface area contributed by atoms with Crippen LogP contribution in [0.2, 0.25) is 0 Å². The van der Waals surface area contributed by atoms with Gasteiger partial charge in [-0.15, -0.1) is 0 Å². The molecule has 1 aromatic rings. The third-order valence-electron chi connectivity index (χ3n) is 6.69. The zero-order valence-corrected chi connectivity index (χ0v) is 17.3. The summed E-state index contributed by atoms with van der Waals surface area (Å²) in [5.41, 5.74) is 3.16. The molecule has 0 heterocycles. The van der Waals surface area contributed by atoms with Gasteiger partial charge in [0.05, 0.1) is 19.3 Å². The lowest BCUT2D eigenvalue weighted by Crippen LogP contribution is -2.48. The molecule has 27 heavy (non-hydrogen) atoms. The number of benzene rings is 1. The van der Waals surface area contributed by atoms with Crippen LogP contribution in [-0.2, 0) is 4.74 Å². The standard InChI is InChI=1S/C23H36N2O2/c1-23(2)19-11-10-18(21(23)12-19)15-27-16-20(26)13-24-14-22(25(3)4)17-8-6-5-7-9-17/h5-10,19-22,24,26H,11-16H2,1-4H3/t19-,20+,21+,22+/m0/s1. The number of ether oxygens (including phenoxy) is 1. The molecule has 3 aliphatic carbocycles. The Morgan fingerprint density at radius 1 is 1.22 bits per heavy atom. The second-order valence-electron chi connectivity index (χ2n) is 9.04. The van der Waals surface area contributed by atoms with E-state index in [-0.39, 0.29) is 0 Å². The third-order valence-corrected chi connectivity index (χ3v) is 6.69. The number of aliphatic hydroxyl groups is 1. The number of nitrogens with one attached hydrogen (secondary N) is 1. The van der Waals surface area contributed by atoms with Crippen LogP contribution in [0.4, 0.5) is 0 Å². The Balaban J connectivity index is 1.36. The van der Waals surface area contributed by atoms with Crippen molar-refractivity contribution in [2.45, 2.75) is 38.8 Å². The van der Waals surface area contributed by atoms with E-state index < -0.39 is 6.10 Å². The van der Waals surface area contributed by atoms with Crippen molar-refractivity contribution in [1.29, 1.82) is 0 Å². The fraction of sp³-hybridized carbons (Fsp3) is 0.652. The van der Waals surface area contributed by atoms with Crippen LogP contribution in [0.25, 0.3) is 0 Å². The van der Waals surface area contributed by atoms with Crippen molar-refractivity contribution >= 4 is 0 Å². The number of rotatable bonds is 10. The van der Waals surface area contributed by atoms with Gasteiger partial charge in [-0.1, -0.05) is 50.3 Å². The lowest BCUT2D eigenvalue weighted by atomic mass is 9.49. The second kappa shape index (κ2) is 8.87. The highest BCUT2D eigenvalue weighted by Crippen LogP contribution is 2.59. The zero-order chi connectivity index (χ0) is 19.4. The minimum absolute atomic E-state index is 0.292. The van der Waals surface area contributed by atoms with Gasteiger partial charge in [-0.05, 0) is 55.3 Å². The quantitative estimate of drug-likeness (QED) is 0.619. The van der Waals surface area contributed by atoms with Gasteiger partial charge in [0, 0.05) is 19.1 Å². The second-order valence-corrected chi connectivity index (χ2v) is 9.04. The molecular formula is C23H36N2O2. The van der Waals surface area contributed by atoms with E-state index in [4.69, 9.17) is 4.74 Å². The van der Waals surface area contributed by atoms with Crippen molar-refractivity contribution in [1.82, 2.24) is 10.2 Å². The first-order chi connectivity index (χ1) is 12.9. The van der Waals surface area contributed by atoms with Crippen LogP contribution in [0.1, 0.15) is 38.3 Å². The average Bonchev–Trinajstić information content (AvgIpc) is 2.65. The Bertz CT molecular complexity index is 627. The highest BCUT2D eigenvalue weighted by molar-refractivity contribution is 5.23. The van der Waals surface area contributed by atoms with Gasteiger partial charge in [0.1, 0.15) is 0 Å². The summed E-state index contributed by atoms with van der Waals surface area (Å²) in [7, 11) is 4.17. The number of hydrogen-bond donors (Lipinski definition) is 2. The Hall–Kier alpha value is -1.20. The molecule has 0 spiro atoms. The molecule has 1 aromatic carbocycles. The van der Waals surface area contributed by atoms with Crippen LogP contribution in [0, 0.1) is 17.3 Å². The number of hydrogen-bond acceptors (Lipinski definition) is 4. The topological polar surface area (TPSA) is 44.7 Å². The number of likely N-dealkylation sites (N-methyl/N-ethyl adjacent to an activating group) is 1. The number of nitrogens with zero attached hydrogens (tertiary/aromatic N) is 1. The lowest BCUT2D eigenvalue weighted by molar-refractivity contribution is -0.0235. The molecule has 3 aliphatic rings.